The quantitative estimate of drug-likeness (QED) is 0.381. The van der Waals surface area contributed by atoms with Crippen LogP contribution in [0.4, 0.5) is 5.69 Å². The highest BCUT2D eigenvalue weighted by Gasteiger charge is 2.04. The molecule has 0 amide bonds. The standard InChI is InChI=1S/C16H14N4O2S/c17-16(23)19-18-15(13-6-2-1-3-7-13)10-9-12-5-4-8-14(11-12)20(21)22/h1-11H,(H3,17,19,23)/b10-9+,18-15+. The van der Waals surface area contributed by atoms with Gasteiger partial charge in [0.2, 0.25) is 0 Å². The van der Waals surface area contributed by atoms with Crippen LogP contribution in [-0.4, -0.2) is 15.7 Å². The summed E-state index contributed by atoms with van der Waals surface area (Å²) >= 11 is 4.75. The second-order valence-corrected chi connectivity index (χ2v) is 4.96. The summed E-state index contributed by atoms with van der Waals surface area (Å²) < 4.78 is 0. The fraction of sp³-hybridized carbons (Fsp3) is 0. The number of non-ortho nitro benzene ring substituents is 1. The van der Waals surface area contributed by atoms with Gasteiger partial charge in [-0.25, -0.2) is 0 Å². The van der Waals surface area contributed by atoms with Crippen LogP contribution in [-0.2, 0) is 0 Å². The lowest BCUT2D eigenvalue weighted by molar-refractivity contribution is -0.384. The fourth-order valence-electron chi connectivity index (χ4n) is 1.84. The molecule has 0 heterocycles. The minimum absolute atomic E-state index is 0.0339. The van der Waals surface area contributed by atoms with Gasteiger partial charge in [-0.05, 0) is 23.9 Å². The number of nitrogens with two attached hydrogens (primary N) is 1. The summed E-state index contributed by atoms with van der Waals surface area (Å²) in [5.74, 6) is 0. The van der Waals surface area contributed by atoms with Crippen molar-refractivity contribution < 1.29 is 4.92 Å². The molecule has 0 bridgehead atoms. The lowest BCUT2D eigenvalue weighted by atomic mass is 10.1. The number of hydrazone groups is 1. The van der Waals surface area contributed by atoms with Crippen LogP contribution in [0.5, 0.6) is 0 Å². The van der Waals surface area contributed by atoms with Gasteiger partial charge in [-0.15, -0.1) is 0 Å². The Bertz CT molecular complexity index is 773. The van der Waals surface area contributed by atoms with Gasteiger partial charge in [-0.2, -0.15) is 5.10 Å². The molecule has 23 heavy (non-hydrogen) atoms. The number of hydrogen-bond donors (Lipinski definition) is 2. The Hall–Kier alpha value is -3.06. The van der Waals surface area contributed by atoms with Crippen molar-refractivity contribution in [2.75, 3.05) is 0 Å². The van der Waals surface area contributed by atoms with Gasteiger partial charge in [0.1, 0.15) is 0 Å². The van der Waals surface area contributed by atoms with Crippen molar-refractivity contribution in [2.24, 2.45) is 10.8 Å². The first-order valence-corrected chi connectivity index (χ1v) is 7.08. The van der Waals surface area contributed by atoms with Crippen LogP contribution in [0.3, 0.4) is 0 Å². The van der Waals surface area contributed by atoms with Gasteiger partial charge in [0.15, 0.2) is 5.11 Å². The lowest BCUT2D eigenvalue weighted by Gasteiger charge is -2.03. The molecule has 116 valence electrons. The number of hydrogen-bond acceptors (Lipinski definition) is 4. The molecule has 0 saturated carbocycles. The monoisotopic (exact) mass is 326 g/mol. The van der Waals surface area contributed by atoms with E-state index >= 15 is 0 Å². The van der Waals surface area contributed by atoms with E-state index in [0.29, 0.717) is 11.3 Å². The smallest absolute Gasteiger partial charge is 0.270 e. The van der Waals surface area contributed by atoms with E-state index in [1.54, 1.807) is 24.3 Å². The summed E-state index contributed by atoms with van der Waals surface area (Å²) in [6.45, 7) is 0. The van der Waals surface area contributed by atoms with E-state index in [1.165, 1.54) is 12.1 Å². The molecule has 3 N–H and O–H groups in total. The molecule has 0 aliphatic carbocycles. The molecular formula is C16H14N4O2S. The summed E-state index contributed by atoms with van der Waals surface area (Å²) in [6, 6.07) is 15.8. The third-order valence-electron chi connectivity index (χ3n) is 2.87. The molecule has 6 nitrogen and oxygen atoms in total. The zero-order valence-corrected chi connectivity index (χ0v) is 12.9. The fourth-order valence-corrected chi connectivity index (χ4v) is 1.89. The van der Waals surface area contributed by atoms with Crippen LogP contribution >= 0.6 is 12.2 Å². The Balaban J connectivity index is 2.30. The van der Waals surface area contributed by atoms with E-state index in [-0.39, 0.29) is 10.8 Å². The summed E-state index contributed by atoms with van der Waals surface area (Å²) in [4.78, 5) is 10.4. The van der Waals surface area contributed by atoms with E-state index in [2.05, 4.69) is 10.5 Å². The normalized spacial score (nSPS) is 11.4. The van der Waals surface area contributed by atoms with Crippen molar-refractivity contribution in [3.63, 3.8) is 0 Å². The summed E-state index contributed by atoms with van der Waals surface area (Å²) in [7, 11) is 0. The third kappa shape index (κ3) is 5.01. The molecule has 0 aromatic heterocycles. The minimum Gasteiger partial charge on any atom is -0.375 e. The van der Waals surface area contributed by atoms with Gasteiger partial charge in [-0.3, -0.25) is 15.5 Å². The molecule has 2 aromatic rings. The number of nitrogens with zero attached hydrogens (tertiary/aromatic N) is 2. The number of nitrogens with one attached hydrogen (secondary N) is 1. The maximum absolute atomic E-state index is 10.8. The molecule has 0 unspecified atom stereocenters. The second kappa shape index (κ2) is 7.81. The SMILES string of the molecule is NC(=S)N/N=C(\C=C\c1cccc([N+](=O)[O-])c1)c1ccccc1. The molecule has 0 fully saturated rings. The van der Waals surface area contributed by atoms with Gasteiger partial charge in [0, 0.05) is 17.7 Å². The largest absolute Gasteiger partial charge is 0.375 e. The van der Waals surface area contributed by atoms with Crippen LogP contribution in [0, 0.1) is 10.1 Å². The summed E-state index contributed by atoms with van der Waals surface area (Å²) in [6.07, 6.45) is 3.47. The highest BCUT2D eigenvalue weighted by Crippen LogP contribution is 2.14. The highest BCUT2D eigenvalue weighted by molar-refractivity contribution is 7.80. The van der Waals surface area contributed by atoms with Gasteiger partial charge in [-0.1, -0.05) is 48.5 Å². The molecule has 0 saturated heterocycles. The minimum atomic E-state index is -0.433. The van der Waals surface area contributed by atoms with Crippen molar-refractivity contribution >= 4 is 34.8 Å². The maximum atomic E-state index is 10.8. The number of allylic oxidation sites excluding steroid dienone is 1. The Labute approximate surface area is 138 Å². The summed E-state index contributed by atoms with van der Waals surface area (Å²) in [5.41, 5.74) is 10.1. The van der Waals surface area contributed by atoms with Crippen LogP contribution in [0.1, 0.15) is 11.1 Å². The average Bonchev–Trinajstić information content (AvgIpc) is 2.55. The van der Waals surface area contributed by atoms with Crippen molar-refractivity contribution in [1.82, 2.24) is 5.43 Å². The van der Waals surface area contributed by atoms with Crippen LogP contribution in [0.15, 0.2) is 65.8 Å². The molecule has 0 spiro atoms. The van der Waals surface area contributed by atoms with Gasteiger partial charge < -0.3 is 5.73 Å². The zero-order chi connectivity index (χ0) is 16.7. The Morgan fingerprint density at radius 1 is 1.22 bits per heavy atom. The topological polar surface area (TPSA) is 93.5 Å². The van der Waals surface area contributed by atoms with Gasteiger partial charge >= 0.3 is 0 Å². The lowest BCUT2D eigenvalue weighted by Crippen LogP contribution is -2.25. The Morgan fingerprint density at radius 2 is 1.96 bits per heavy atom. The number of thiocarbonyl (C=S) groups is 1. The van der Waals surface area contributed by atoms with Crippen molar-refractivity contribution in [3.05, 3.63) is 81.9 Å². The van der Waals surface area contributed by atoms with Crippen LogP contribution in [0.2, 0.25) is 0 Å². The number of benzene rings is 2. The average molecular weight is 326 g/mol. The molecule has 0 aliphatic rings. The number of nitro groups is 1. The van der Waals surface area contributed by atoms with Crippen LogP contribution in [0.25, 0.3) is 6.08 Å². The van der Waals surface area contributed by atoms with E-state index in [1.807, 2.05) is 30.3 Å². The van der Waals surface area contributed by atoms with E-state index in [4.69, 9.17) is 18.0 Å². The predicted molar refractivity (Wildman–Crippen MR) is 95.0 cm³/mol. The first-order valence-electron chi connectivity index (χ1n) is 6.67. The maximum Gasteiger partial charge on any atom is 0.270 e. The zero-order valence-electron chi connectivity index (χ0n) is 12.0. The molecule has 7 heteroatoms. The van der Waals surface area contributed by atoms with Gasteiger partial charge in [0.25, 0.3) is 5.69 Å². The first-order chi connectivity index (χ1) is 11.1. The van der Waals surface area contributed by atoms with Crippen molar-refractivity contribution in [3.8, 4) is 0 Å². The molecule has 0 atom stereocenters. The van der Waals surface area contributed by atoms with E-state index in [9.17, 15) is 10.1 Å². The van der Waals surface area contributed by atoms with Crippen molar-refractivity contribution in [1.29, 1.82) is 0 Å². The van der Waals surface area contributed by atoms with Crippen LogP contribution < -0.4 is 11.2 Å². The van der Waals surface area contributed by atoms with E-state index < -0.39 is 4.92 Å². The Kier molecular flexibility index (Phi) is 5.54. The Morgan fingerprint density at radius 3 is 2.61 bits per heavy atom. The predicted octanol–water partition coefficient (Wildman–Crippen LogP) is 2.85. The third-order valence-corrected chi connectivity index (χ3v) is 2.96. The second-order valence-electron chi connectivity index (χ2n) is 4.52. The van der Waals surface area contributed by atoms with Gasteiger partial charge in [0.05, 0.1) is 10.6 Å². The molecule has 2 rings (SSSR count). The summed E-state index contributed by atoms with van der Waals surface area (Å²) in [5, 5.41) is 15.0. The molecule has 0 radical (unpaired) electrons. The van der Waals surface area contributed by atoms with E-state index in [0.717, 1.165) is 5.56 Å². The molecular weight excluding hydrogens is 312 g/mol. The highest BCUT2D eigenvalue weighted by atomic mass is 32.1. The molecule has 0 aliphatic heterocycles. The van der Waals surface area contributed by atoms with Crippen molar-refractivity contribution in [2.45, 2.75) is 0 Å². The number of rotatable bonds is 5. The molecule has 2 aromatic carbocycles. The number of nitro benzene ring substituents is 1. The first kappa shape index (κ1) is 16.3.